The number of nitrogens with zero attached hydrogens (tertiary/aromatic N) is 2. The summed E-state index contributed by atoms with van der Waals surface area (Å²) >= 11 is 0. The highest BCUT2D eigenvalue weighted by atomic mass is 32.2. The van der Waals surface area contributed by atoms with Gasteiger partial charge in [-0.2, -0.15) is 0 Å². The van der Waals surface area contributed by atoms with Crippen LogP contribution in [0.2, 0.25) is 0 Å². The lowest BCUT2D eigenvalue weighted by Crippen LogP contribution is -2.16. The fraction of sp³-hybridized carbons (Fsp3) is 0.333. The zero-order chi connectivity index (χ0) is 14.8. The third-order valence-corrected chi connectivity index (χ3v) is 3.35. The summed E-state index contributed by atoms with van der Waals surface area (Å²) in [5.41, 5.74) is -1.54. The molecule has 0 amide bonds. The van der Waals surface area contributed by atoms with Crippen molar-refractivity contribution in [2.45, 2.75) is 24.7 Å². The van der Waals surface area contributed by atoms with Gasteiger partial charge in [-0.1, -0.05) is 13.3 Å². The Labute approximate surface area is 114 Å². The maximum atomic E-state index is 11.3. The molecule has 1 aromatic carbocycles. The van der Waals surface area contributed by atoms with Gasteiger partial charge in [0.05, 0.1) is 9.85 Å². The number of sulfonamides is 1. The second kappa shape index (κ2) is 6.36. The number of nitro benzene ring substituents is 2. The van der Waals surface area contributed by atoms with E-state index in [2.05, 4.69) is 0 Å². The third kappa shape index (κ3) is 3.46. The number of nitro groups is 2. The first-order valence-electron chi connectivity index (χ1n) is 5.17. The van der Waals surface area contributed by atoms with Crippen molar-refractivity contribution in [1.82, 2.24) is 6.15 Å². The van der Waals surface area contributed by atoms with Gasteiger partial charge < -0.3 is 6.15 Å². The second-order valence-electron chi connectivity index (χ2n) is 3.72. The summed E-state index contributed by atoms with van der Waals surface area (Å²) in [4.78, 5) is 19.4. The van der Waals surface area contributed by atoms with Crippen LogP contribution in [-0.4, -0.2) is 18.3 Å². The lowest BCUT2D eigenvalue weighted by molar-refractivity contribution is -0.397. The van der Waals surface area contributed by atoms with Gasteiger partial charge in [0.1, 0.15) is 5.56 Å². The van der Waals surface area contributed by atoms with E-state index in [0.717, 1.165) is 12.1 Å². The van der Waals surface area contributed by atoms with Gasteiger partial charge in [-0.15, -0.1) is 0 Å². The molecule has 0 spiro atoms. The zero-order valence-corrected chi connectivity index (χ0v) is 11.4. The highest BCUT2D eigenvalue weighted by Crippen LogP contribution is 2.34. The second-order valence-corrected chi connectivity index (χ2v) is 5.25. The fourth-order valence-corrected chi connectivity index (χ4v) is 2.43. The molecule has 20 heavy (non-hydrogen) atoms. The third-order valence-electron chi connectivity index (χ3n) is 2.41. The summed E-state index contributed by atoms with van der Waals surface area (Å²) < 4.78 is 22.6. The van der Waals surface area contributed by atoms with Gasteiger partial charge in [-0.3, -0.25) is 20.2 Å². The Bertz CT molecular complexity index is 642. The van der Waals surface area contributed by atoms with E-state index in [0.29, 0.717) is 6.42 Å². The van der Waals surface area contributed by atoms with Gasteiger partial charge in [0.2, 0.25) is 10.0 Å². The average molecular weight is 306 g/mol. The molecule has 1 rings (SSSR count). The molecule has 0 radical (unpaired) electrons. The normalized spacial score (nSPS) is 10.7. The van der Waals surface area contributed by atoms with Crippen LogP contribution >= 0.6 is 0 Å². The van der Waals surface area contributed by atoms with Crippen LogP contribution in [0.3, 0.4) is 0 Å². The fourth-order valence-electron chi connectivity index (χ4n) is 1.70. The van der Waals surface area contributed by atoms with Crippen molar-refractivity contribution in [3.63, 3.8) is 0 Å². The van der Waals surface area contributed by atoms with Crippen LogP contribution in [-0.2, 0) is 16.4 Å². The molecule has 0 atom stereocenters. The maximum absolute atomic E-state index is 11.3. The SMILES string of the molecule is CCCc1c([N+](=O)[O-])ccc(S(N)(=O)=O)c1[N+](=O)[O-].N. The largest absolute Gasteiger partial charge is 0.344 e. The first-order valence-corrected chi connectivity index (χ1v) is 6.72. The number of benzene rings is 1. The predicted molar refractivity (Wildman–Crippen MR) is 70.1 cm³/mol. The summed E-state index contributed by atoms with van der Waals surface area (Å²) in [5, 5.41) is 26.7. The van der Waals surface area contributed by atoms with E-state index in [9.17, 15) is 28.6 Å². The summed E-state index contributed by atoms with van der Waals surface area (Å²) in [5.74, 6) is 0. The van der Waals surface area contributed by atoms with E-state index in [-0.39, 0.29) is 18.1 Å². The summed E-state index contributed by atoms with van der Waals surface area (Å²) in [7, 11) is -4.33. The van der Waals surface area contributed by atoms with E-state index < -0.39 is 36.1 Å². The molecule has 5 N–H and O–H groups in total. The van der Waals surface area contributed by atoms with E-state index in [4.69, 9.17) is 5.14 Å². The van der Waals surface area contributed by atoms with Crippen LogP contribution in [0.15, 0.2) is 17.0 Å². The van der Waals surface area contributed by atoms with Crippen molar-refractivity contribution >= 4 is 21.4 Å². The average Bonchev–Trinajstić information content (AvgIpc) is 2.26. The van der Waals surface area contributed by atoms with Crippen LogP contribution in [0.4, 0.5) is 11.4 Å². The van der Waals surface area contributed by atoms with E-state index >= 15 is 0 Å². The minimum absolute atomic E-state index is 0. The van der Waals surface area contributed by atoms with Crippen molar-refractivity contribution in [2.75, 3.05) is 0 Å². The van der Waals surface area contributed by atoms with Crippen molar-refractivity contribution in [2.24, 2.45) is 5.14 Å². The topological polar surface area (TPSA) is 181 Å². The minimum atomic E-state index is -4.33. The first-order chi connectivity index (χ1) is 8.70. The van der Waals surface area contributed by atoms with Gasteiger partial charge in [0.25, 0.3) is 11.4 Å². The minimum Gasteiger partial charge on any atom is -0.344 e. The molecule has 0 aliphatic rings. The standard InChI is InChI=1S/C9H11N3O6S.H3N/c1-2-3-6-7(11(13)14)4-5-8(19(10,17)18)9(6)12(15)16;/h4-5H,2-3H2,1H3,(H2,10,17,18);1H3. The van der Waals surface area contributed by atoms with Crippen molar-refractivity contribution < 1.29 is 18.3 Å². The van der Waals surface area contributed by atoms with Crippen LogP contribution in [0, 0.1) is 20.2 Å². The Balaban J connectivity index is 0.00000361. The summed E-state index contributed by atoms with van der Waals surface area (Å²) in [6.45, 7) is 1.66. The monoisotopic (exact) mass is 306 g/mol. The van der Waals surface area contributed by atoms with Gasteiger partial charge in [0.15, 0.2) is 4.90 Å². The Hall–Kier alpha value is -2.11. The zero-order valence-electron chi connectivity index (χ0n) is 10.6. The number of primary sulfonamides is 1. The Morgan fingerprint density at radius 1 is 1.20 bits per heavy atom. The van der Waals surface area contributed by atoms with Gasteiger partial charge in [0, 0.05) is 6.07 Å². The molecule has 0 saturated carbocycles. The van der Waals surface area contributed by atoms with Gasteiger partial charge in [-0.25, -0.2) is 13.6 Å². The van der Waals surface area contributed by atoms with Crippen molar-refractivity contribution in [1.29, 1.82) is 0 Å². The first kappa shape index (κ1) is 17.9. The number of nitrogens with two attached hydrogens (primary N) is 1. The maximum Gasteiger partial charge on any atom is 0.299 e. The highest BCUT2D eigenvalue weighted by molar-refractivity contribution is 7.89. The van der Waals surface area contributed by atoms with Crippen LogP contribution < -0.4 is 11.3 Å². The molecule has 11 heteroatoms. The van der Waals surface area contributed by atoms with Crippen LogP contribution in [0.25, 0.3) is 0 Å². The Kier molecular flexibility index (Phi) is 5.69. The van der Waals surface area contributed by atoms with Gasteiger partial charge >= 0.3 is 0 Å². The van der Waals surface area contributed by atoms with E-state index in [1.165, 1.54) is 0 Å². The van der Waals surface area contributed by atoms with Crippen LogP contribution in [0.5, 0.6) is 0 Å². The van der Waals surface area contributed by atoms with E-state index in [1.54, 1.807) is 6.92 Å². The molecule has 0 heterocycles. The van der Waals surface area contributed by atoms with Crippen molar-refractivity contribution in [3.05, 3.63) is 37.9 Å². The van der Waals surface area contributed by atoms with Crippen molar-refractivity contribution in [3.8, 4) is 0 Å². The quantitative estimate of drug-likeness (QED) is 0.606. The smallest absolute Gasteiger partial charge is 0.299 e. The molecule has 0 aliphatic heterocycles. The van der Waals surface area contributed by atoms with E-state index in [1.807, 2.05) is 0 Å². The number of hydrogen-bond donors (Lipinski definition) is 2. The summed E-state index contributed by atoms with van der Waals surface area (Å²) in [6.07, 6.45) is 0.395. The predicted octanol–water partition coefficient (Wildman–Crippen LogP) is 1.26. The lowest BCUT2D eigenvalue weighted by Gasteiger charge is -2.06. The highest BCUT2D eigenvalue weighted by Gasteiger charge is 2.32. The molecule has 0 aromatic heterocycles. The molecule has 0 unspecified atom stereocenters. The molecular formula is C9H14N4O6S. The molecule has 10 nitrogen and oxygen atoms in total. The Morgan fingerprint density at radius 2 is 1.75 bits per heavy atom. The molecule has 112 valence electrons. The summed E-state index contributed by atoms with van der Waals surface area (Å²) in [6, 6.07) is 1.70. The Morgan fingerprint density at radius 3 is 2.10 bits per heavy atom. The molecule has 0 bridgehead atoms. The molecule has 0 aliphatic carbocycles. The number of rotatable bonds is 5. The molecular weight excluding hydrogens is 292 g/mol. The number of hydrogen-bond acceptors (Lipinski definition) is 7. The molecule has 1 aromatic rings. The molecule has 0 fully saturated rings. The van der Waals surface area contributed by atoms with Gasteiger partial charge in [-0.05, 0) is 12.5 Å². The molecule has 0 saturated heterocycles. The van der Waals surface area contributed by atoms with Crippen LogP contribution in [0.1, 0.15) is 18.9 Å². The lowest BCUT2D eigenvalue weighted by atomic mass is 10.1.